The lowest BCUT2D eigenvalue weighted by Gasteiger charge is -2.11. The van der Waals surface area contributed by atoms with Crippen molar-refractivity contribution in [1.29, 1.82) is 0 Å². The van der Waals surface area contributed by atoms with Gasteiger partial charge in [0, 0.05) is 5.92 Å². The highest BCUT2D eigenvalue weighted by Crippen LogP contribution is 2.15. The average Bonchev–Trinajstić information content (AvgIpc) is 2.29. The SMILES string of the molecule is CCOc1ccc2c(c1)=CCC(/C=C(/C)S)C=2. The zero-order chi connectivity index (χ0) is 12.3. The summed E-state index contributed by atoms with van der Waals surface area (Å²) in [7, 11) is 0. The molecule has 0 fully saturated rings. The Morgan fingerprint density at radius 1 is 1.47 bits per heavy atom. The molecule has 0 saturated carbocycles. The number of rotatable bonds is 3. The van der Waals surface area contributed by atoms with E-state index in [0.717, 1.165) is 17.1 Å². The van der Waals surface area contributed by atoms with Gasteiger partial charge >= 0.3 is 0 Å². The molecule has 17 heavy (non-hydrogen) atoms. The molecule has 0 bridgehead atoms. The molecule has 1 atom stereocenters. The molecule has 0 radical (unpaired) electrons. The van der Waals surface area contributed by atoms with Crippen molar-refractivity contribution in [3.63, 3.8) is 0 Å². The van der Waals surface area contributed by atoms with Crippen LogP contribution < -0.4 is 15.2 Å². The number of allylic oxidation sites excluding steroid dienone is 2. The summed E-state index contributed by atoms with van der Waals surface area (Å²) in [5, 5.41) is 2.56. The number of fused-ring (bicyclic) bond motifs is 1. The molecule has 1 unspecified atom stereocenters. The largest absolute Gasteiger partial charge is 0.494 e. The summed E-state index contributed by atoms with van der Waals surface area (Å²) in [6, 6.07) is 6.28. The molecule has 0 N–H and O–H groups in total. The maximum atomic E-state index is 5.51. The minimum absolute atomic E-state index is 0.470. The van der Waals surface area contributed by atoms with E-state index in [1.165, 1.54) is 10.4 Å². The summed E-state index contributed by atoms with van der Waals surface area (Å²) in [6.45, 7) is 4.74. The number of hydrogen-bond donors (Lipinski definition) is 1. The van der Waals surface area contributed by atoms with Gasteiger partial charge in [0.05, 0.1) is 6.61 Å². The molecule has 0 aromatic heterocycles. The van der Waals surface area contributed by atoms with Crippen LogP contribution >= 0.6 is 12.6 Å². The minimum Gasteiger partial charge on any atom is -0.494 e. The molecule has 90 valence electrons. The molecule has 1 aromatic carbocycles. The molecule has 1 nitrogen and oxygen atoms in total. The molecule has 0 saturated heterocycles. The van der Waals surface area contributed by atoms with E-state index < -0.39 is 0 Å². The third kappa shape index (κ3) is 3.16. The van der Waals surface area contributed by atoms with Gasteiger partial charge in [0.2, 0.25) is 0 Å². The number of hydrogen-bond acceptors (Lipinski definition) is 2. The summed E-state index contributed by atoms with van der Waals surface area (Å²) >= 11 is 4.33. The maximum Gasteiger partial charge on any atom is 0.119 e. The molecular formula is C15H18OS. The Kier molecular flexibility index (Phi) is 3.95. The Labute approximate surface area is 108 Å². The summed E-state index contributed by atoms with van der Waals surface area (Å²) in [5.74, 6) is 1.42. The van der Waals surface area contributed by atoms with Crippen molar-refractivity contribution < 1.29 is 4.74 Å². The Morgan fingerprint density at radius 2 is 2.29 bits per heavy atom. The minimum atomic E-state index is 0.470. The molecule has 1 aliphatic carbocycles. The number of benzene rings is 1. The Bertz CT molecular complexity index is 539. The second-order valence-electron chi connectivity index (χ2n) is 4.30. The number of ether oxygens (including phenoxy) is 1. The maximum absolute atomic E-state index is 5.51. The molecule has 0 amide bonds. The van der Waals surface area contributed by atoms with E-state index in [2.05, 4.69) is 43.0 Å². The van der Waals surface area contributed by atoms with Gasteiger partial charge in [-0.25, -0.2) is 0 Å². The van der Waals surface area contributed by atoms with Crippen molar-refractivity contribution in [3.8, 4) is 5.75 Å². The van der Waals surface area contributed by atoms with Crippen LogP contribution in [0.3, 0.4) is 0 Å². The first kappa shape index (κ1) is 12.3. The standard InChI is InChI=1S/C15H18OS/c1-3-16-15-7-6-13-9-12(8-11(2)17)4-5-14(13)10-15/h5-10,12,17H,3-4H2,1-2H3/b11-8-. The molecule has 1 aromatic rings. The van der Waals surface area contributed by atoms with Gasteiger partial charge in [-0.3, -0.25) is 0 Å². The zero-order valence-electron chi connectivity index (χ0n) is 10.3. The van der Waals surface area contributed by atoms with Gasteiger partial charge in [-0.15, -0.1) is 12.6 Å². The highest BCUT2D eigenvalue weighted by Gasteiger charge is 2.05. The monoisotopic (exact) mass is 246 g/mol. The van der Waals surface area contributed by atoms with Gasteiger partial charge in [0.25, 0.3) is 0 Å². The Morgan fingerprint density at radius 3 is 3.00 bits per heavy atom. The van der Waals surface area contributed by atoms with Gasteiger partial charge in [0.1, 0.15) is 5.75 Å². The first-order valence-electron chi connectivity index (χ1n) is 6.01. The van der Waals surface area contributed by atoms with Crippen LogP contribution in [0.25, 0.3) is 12.2 Å². The average molecular weight is 246 g/mol. The van der Waals surface area contributed by atoms with Crippen LogP contribution in [-0.4, -0.2) is 6.61 Å². The van der Waals surface area contributed by atoms with Gasteiger partial charge in [-0.1, -0.05) is 24.3 Å². The van der Waals surface area contributed by atoms with Crippen molar-refractivity contribution in [2.24, 2.45) is 5.92 Å². The predicted molar refractivity (Wildman–Crippen MR) is 76.6 cm³/mol. The van der Waals surface area contributed by atoms with Crippen LogP contribution in [0.4, 0.5) is 0 Å². The van der Waals surface area contributed by atoms with Crippen LogP contribution in [0.2, 0.25) is 0 Å². The van der Waals surface area contributed by atoms with E-state index in [1.807, 2.05) is 19.9 Å². The Hall–Kier alpha value is -1.15. The highest BCUT2D eigenvalue weighted by atomic mass is 32.1. The topological polar surface area (TPSA) is 9.23 Å². The Balaban J connectivity index is 2.35. The zero-order valence-corrected chi connectivity index (χ0v) is 11.2. The molecule has 0 heterocycles. The first-order valence-corrected chi connectivity index (χ1v) is 6.46. The van der Waals surface area contributed by atoms with Gasteiger partial charge in [-0.2, -0.15) is 0 Å². The van der Waals surface area contributed by atoms with E-state index in [0.29, 0.717) is 12.5 Å². The lowest BCUT2D eigenvalue weighted by atomic mass is 9.97. The third-order valence-electron chi connectivity index (χ3n) is 2.83. The van der Waals surface area contributed by atoms with Crippen molar-refractivity contribution in [2.45, 2.75) is 20.3 Å². The van der Waals surface area contributed by atoms with Crippen molar-refractivity contribution in [2.75, 3.05) is 6.61 Å². The second kappa shape index (κ2) is 5.46. The third-order valence-corrected chi connectivity index (χ3v) is 2.98. The normalized spacial score (nSPS) is 19.0. The summed E-state index contributed by atoms with van der Waals surface area (Å²) in [6.07, 6.45) is 7.81. The second-order valence-corrected chi connectivity index (χ2v) is 5.01. The lowest BCUT2D eigenvalue weighted by Crippen LogP contribution is -2.28. The van der Waals surface area contributed by atoms with E-state index in [-0.39, 0.29) is 0 Å². The van der Waals surface area contributed by atoms with Crippen molar-refractivity contribution in [1.82, 2.24) is 0 Å². The highest BCUT2D eigenvalue weighted by molar-refractivity contribution is 7.84. The van der Waals surface area contributed by atoms with Crippen molar-refractivity contribution in [3.05, 3.63) is 39.6 Å². The van der Waals surface area contributed by atoms with E-state index in [1.54, 1.807) is 0 Å². The van der Waals surface area contributed by atoms with Gasteiger partial charge in [-0.05, 0) is 47.7 Å². The lowest BCUT2D eigenvalue weighted by molar-refractivity contribution is 0.340. The smallest absolute Gasteiger partial charge is 0.119 e. The fourth-order valence-electron chi connectivity index (χ4n) is 2.13. The fraction of sp³-hybridized carbons (Fsp3) is 0.333. The van der Waals surface area contributed by atoms with Gasteiger partial charge in [0.15, 0.2) is 0 Å². The van der Waals surface area contributed by atoms with Crippen LogP contribution in [-0.2, 0) is 0 Å². The predicted octanol–water partition coefficient (Wildman–Crippen LogP) is 2.50. The van der Waals surface area contributed by atoms with Crippen LogP contribution in [0, 0.1) is 5.92 Å². The van der Waals surface area contributed by atoms with Gasteiger partial charge < -0.3 is 4.74 Å². The number of thiol groups is 1. The van der Waals surface area contributed by atoms with Crippen LogP contribution in [0.15, 0.2) is 29.2 Å². The van der Waals surface area contributed by atoms with E-state index in [4.69, 9.17) is 4.74 Å². The molecule has 2 heteroatoms. The van der Waals surface area contributed by atoms with Crippen LogP contribution in [0.5, 0.6) is 5.75 Å². The molecule has 2 rings (SSSR count). The fourth-order valence-corrected chi connectivity index (χ4v) is 2.32. The van der Waals surface area contributed by atoms with Crippen LogP contribution in [0.1, 0.15) is 20.3 Å². The molecule has 1 aliphatic rings. The molecule has 0 aliphatic heterocycles. The molecular weight excluding hydrogens is 228 g/mol. The summed E-state index contributed by atoms with van der Waals surface area (Å²) in [4.78, 5) is 1.08. The first-order chi connectivity index (χ1) is 8.19. The summed E-state index contributed by atoms with van der Waals surface area (Å²) in [5.41, 5.74) is 0. The van der Waals surface area contributed by atoms with E-state index in [9.17, 15) is 0 Å². The molecule has 0 spiro atoms. The van der Waals surface area contributed by atoms with Crippen molar-refractivity contribution >= 4 is 24.8 Å². The van der Waals surface area contributed by atoms with E-state index >= 15 is 0 Å². The quantitative estimate of drug-likeness (QED) is 0.806. The summed E-state index contributed by atoms with van der Waals surface area (Å²) < 4.78 is 5.51.